The Hall–Kier alpha value is -2.94. The number of imide groups is 1. The highest BCUT2D eigenvalue weighted by atomic mass is 32.1. The van der Waals surface area contributed by atoms with Gasteiger partial charge < -0.3 is 14.2 Å². The van der Waals surface area contributed by atoms with Crippen molar-refractivity contribution >= 4 is 29.3 Å². The Balaban J connectivity index is 1.92. The number of esters is 1. The third kappa shape index (κ3) is 5.85. The molecule has 0 saturated carbocycles. The van der Waals surface area contributed by atoms with Gasteiger partial charge in [-0.15, -0.1) is 11.3 Å². The highest BCUT2D eigenvalue weighted by molar-refractivity contribution is 7.09. The van der Waals surface area contributed by atoms with Crippen LogP contribution in [0.1, 0.15) is 28.0 Å². The van der Waals surface area contributed by atoms with E-state index in [0.717, 1.165) is 10.7 Å². The lowest BCUT2D eigenvalue weighted by atomic mass is 10.2. The van der Waals surface area contributed by atoms with Crippen LogP contribution in [0.2, 0.25) is 0 Å². The van der Waals surface area contributed by atoms with E-state index in [0.29, 0.717) is 5.75 Å². The molecule has 2 rings (SSSR count). The fourth-order valence-corrected chi connectivity index (χ4v) is 2.51. The average molecular weight is 378 g/mol. The first kappa shape index (κ1) is 19.4. The summed E-state index contributed by atoms with van der Waals surface area (Å²) in [5, 5.41) is 4.73. The summed E-state index contributed by atoms with van der Waals surface area (Å²) in [6.45, 7) is 3.21. The predicted octanol–water partition coefficient (Wildman–Crippen LogP) is 2.46. The fourth-order valence-electron chi connectivity index (χ4n) is 1.91. The van der Waals surface area contributed by atoms with Crippen molar-refractivity contribution in [2.24, 2.45) is 0 Å². The summed E-state index contributed by atoms with van der Waals surface area (Å²) >= 11 is 1.50. The smallest absolute Gasteiger partial charge is 0.413 e. The average Bonchev–Trinajstić information content (AvgIpc) is 3.03. The molecular weight excluding hydrogens is 360 g/mol. The highest BCUT2D eigenvalue weighted by Crippen LogP contribution is 2.20. The van der Waals surface area contributed by atoms with E-state index in [1.807, 2.05) is 17.6 Å². The molecule has 0 bridgehead atoms. The fraction of sp³-hybridized carbons (Fsp3) is 0.294. The molecule has 0 atom stereocenters. The van der Waals surface area contributed by atoms with Crippen molar-refractivity contribution in [3.8, 4) is 5.75 Å². The quantitative estimate of drug-likeness (QED) is 0.738. The van der Waals surface area contributed by atoms with Gasteiger partial charge in [0.05, 0.1) is 17.3 Å². The van der Waals surface area contributed by atoms with E-state index in [2.05, 4.69) is 9.72 Å². The topological polar surface area (TPSA) is 104 Å². The molecule has 1 heterocycles. The van der Waals surface area contributed by atoms with E-state index < -0.39 is 24.6 Å². The van der Waals surface area contributed by atoms with Gasteiger partial charge in [-0.25, -0.2) is 14.6 Å². The lowest BCUT2D eigenvalue weighted by molar-refractivity contribution is -0.123. The Morgan fingerprint density at radius 3 is 2.65 bits per heavy atom. The monoisotopic (exact) mass is 378 g/mol. The number of carbonyl (C=O) groups excluding carboxylic acids is 3. The largest absolute Gasteiger partial charge is 0.486 e. The number of aromatic nitrogens is 1. The lowest BCUT2D eigenvalue weighted by Gasteiger charge is -2.10. The Bertz CT molecular complexity index is 789. The second-order valence-corrected chi connectivity index (χ2v) is 6.05. The van der Waals surface area contributed by atoms with Crippen LogP contribution in [0.4, 0.5) is 4.79 Å². The number of thiazole rings is 1. The van der Waals surface area contributed by atoms with Crippen molar-refractivity contribution in [2.45, 2.75) is 20.5 Å². The maximum atomic E-state index is 12.2. The molecule has 0 spiro atoms. The van der Waals surface area contributed by atoms with Crippen LogP contribution in [0.5, 0.6) is 5.75 Å². The Labute approximate surface area is 154 Å². The second kappa shape index (κ2) is 9.52. The van der Waals surface area contributed by atoms with Gasteiger partial charge in [-0.3, -0.25) is 10.1 Å². The number of carbonyl (C=O) groups is 3. The molecule has 8 nitrogen and oxygen atoms in total. The third-order valence-corrected chi connectivity index (χ3v) is 3.82. The highest BCUT2D eigenvalue weighted by Gasteiger charge is 2.17. The maximum absolute atomic E-state index is 12.2. The van der Waals surface area contributed by atoms with Gasteiger partial charge in [0.15, 0.2) is 6.61 Å². The third-order valence-electron chi connectivity index (χ3n) is 3.00. The lowest BCUT2D eigenvalue weighted by Crippen LogP contribution is -2.34. The van der Waals surface area contributed by atoms with E-state index in [9.17, 15) is 14.4 Å². The van der Waals surface area contributed by atoms with Gasteiger partial charge in [-0.1, -0.05) is 12.1 Å². The zero-order chi connectivity index (χ0) is 18.9. The molecule has 0 saturated heterocycles. The molecule has 0 unspecified atom stereocenters. The SMILES string of the molecule is CCOC(=O)NC(=O)COC(=O)c1ccccc1OCc1csc(C)n1. The van der Waals surface area contributed by atoms with Gasteiger partial charge in [0.1, 0.15) is 17.9 Å². The summed E-state index contributed by atoms with van der Waals surface area (Å²) in [5.74, 6) is -1.21. The first-order valence-electron chi connectivity index (χ1n) is 7.76. The Morgan fingerprint density at radius 1 is 1.19 bits per heavy atom. The van der Waals surface area contributed by atoms with Crippen LogP contribution in [0, 0.1) is 6.92 Å². The van der Waals surface area contributed by atoms with Gasteiger partial charge in [-0.2, -0.15) is 0 Å². The minimum Gasteiger partial charge on any atom is -0.486 e. The predicted molar refractivity (Wildman–Crippen MR) is 93.1 cm³/mol. The number of para-hydroxylation sites is 1. The molecule has 9 heteroatoms. The molecule has 26 heavy (non-hydrogen) atoms. The minimum atomic E-state index is -0.893. The minimum absolute atomic E-state index is 0.127. The van der Waals surface area contributed by atoms with E-state index in [-0.39, 0.29) is 18.8 Å². The van der Waals surface area contributed by atoms with Crippen molar-refractivity contribution in [1.82, 2.24) is 10.3 Å². The molecule has 0 aliphatic heterocycles. The summed E-state index contributed by atoms with van der Waals surface area (Å²) in [4.78, 5) is 39.1. The summed E-state index contributed by atoms with van der Waals surface area (Å²) in [5.41, 5.74) is 0.924. The molecule has 0 radical (unpaired) electrons. The normalized spacial score (nSPS) is 10.1. The van der Waals surface area contributed by atoms with Crippen molar-refractivity contribution in [2.75, 3.05) is 13.2 Å². The number of rotatable bonds is 7. The van der Waals surface area contributed by atoms with E-state index in [4.69, 9.17) is 9.47 Å². The van der Waals surface area contributed by atoms with Crippen molar-refractivity contribution in [3.05, 3.63) is 45.9 Å². The van der Waals surface area contributed by atoms with Gasteiger partial charge in [0.25, 0.3) is 5.91 Å². The number of nitrogens with one attached hydrogen (secondary N) is 1. The van der Waals surface area contributed by atoms with Gasteiger partial charge in [0, 0.05) is 5.38 Å². The Morgan fingerprint density at radius 2 is 1.96 bits per heavy atom. The van der Waals surface area contributed by atoms with Gasteiger partial charge >= 0.3 is 12.1 Å². The molecule has 138 valence electrons. The van der Waals surface area contributed by atoms with Crippen molar-refractivity contribution in [1.29, 1.82) is 0 Å². The Kier molecular flexibility index (Phi) is 7.10. The van der Waals surface area contributed by atoms with Gasteiger partial charge in [0.2, 0.25) is 0 Å². The number of hydrogen-bond acceptors (Lipinski definition) is 8. The summed E-state index contributed by atoms with van der Waals surface area (Å²) in [6, 6.07) is 6.50. The molecule has 2 amide bonds. The molecule has 2 aromatic rings. The van der Waals surface area contributed by atoms with Crippen molar-refractivity contribution < 1.29 is 28.6 Å². The molecule has 0 fully saturated rings. The van der Waals surface area contributed by atoms with Crippen LogP contribution in [-0.4, -0.2) is 36.2 Å². The van der Waals surface area contributed by atoms with Gasteiger partial charge in [-0.05, 0) is 26.0 Å². The molecule has 1 aromatic carbocycles. The molecular formula is C17H18N2O6S. The van der Waals surface area contributed by atoms with Crippen LogP contribution in [0.15, 0.2) is 29.6 Å². The number of benzene rings is 1. The zero-order valence-electron chi connectivity index (χ0n) is 14.3. The number of ether oxygens (including phenoxy) is 3. The molecule has 0 aliphatic carbocycles. The molecule has 1 N–H and O–H groups in total. The number of aryl methyl sites for hydroxylation is 1. The number of hydrogen-bond donors (Lipinski definition) is 1. The van der Waals surface area contributed by atoms with Crippen LogP contribution >= 0.6 is 11.3 Å². The van der Waals surface area contributed by atoms with E-state index in [1.165, 1.54) is 17.4 Å². The maximum Gasteiger partial charge on any atom is 0.413 e. The van der Waals surface area contributed by atoms with Crippen LogP contribution in [0.25, 0.3) is 0 Å². The van der Waals surface area contributed by atoms with E-state index >= 15 is 0 Å². The van der Waals surface area contributed by atoms with Crippen LogP contribution in [0.3, 0.4) is 0 Å². The zero-order valence-corrected chi connectivity index (χ0v) is 15.1. The summed E-state index contributed by atoms with van der Waals surface area (Å²) < 4.78 is 15.1. The first-order chi connectivity index (χ1) is 12.5. The van der Waals surface area contributed by atoms with Crippen molar-refractivity contribution in [3.63, 3.8) is 0 Å². The first-order valence-corrected chi connectivity index (χ1v) is 8.64. The second-order valence-electron chi connectivity index (χ2n) is 4.99. The van der Waals surface area contributed by atoms with E-state index in [1.54, 1.807) is 25.1 Å². The summed E-state index contributed by atoms with van der Waals surface area (Å²) in [7, 11) is 0. The summed E-state index contributed by atoms with van der Waals surface area (Å²) in [6.07, 6.45) is -0.893. The number of alkyl carbamates (subject to hydrolysis) is 1. The standard InChI is InChI=1S/C17H18N2O6S/c1-3-23-17(22)19-15(20)9-25-16(21)13-6-4-5-7-14(13)24-8-12-10-26-11(2)18-12/h4-7,10H,3,8-9H2,1-2H3,(H,19,20,22). The number of nitrogens with zero attached hydrogens (tertiary/aromatic N) is 1. The van der Waals surface area contributed by atoms with Crippen LogP contribution in [-0.2, 0) is 20.9 Å². The molecule has 0 aliphatic rings. The molecule has 1 aromatic heterocycles. The number of amides is 2. The van der Waals surface area contributed by atoms with Crippen LogP contribution < -0.4 is 10.1 Å².